The number of carbonyl (C=O) groups excluding carboxylic acids is 1. The summed E-state index contributed by atoms with van der Waals surface area (Å²) in [5.41, 5.74) is 0.157. The van der Waals surface area contributed by atoms with Gasteiger partial charge in [0, 0.05) is 13.1 Å². The van der Waals surface area contributed by atoms with Crippen molar-refractivity contribution in [3.63, 3.8) is 0 Å². The standard InChI is InChI=1S/C18H19N5O6/c1-29-18(26)12-4-2-3-5-13(12)21-15-14(23(27)28)16(20-10-19-15)22-8-6-11(7-9-22)17(24)25/h2-5,10-11H,6-9H2,1H3,(H,24,25)(H,19,20,21). The number of ether oxygens (including phenoxy) is 1. The molecule has 0 saturated carbocycles. The molecule has 2 N–H and O–H groups in total. The van der Waals surface area contributed by atoms with Gasteiger partial charge in [-0.15, -0.1) is 0 Å². The predicted octanol–water partition coefficient (Wildman–Crippen LogP) is 2.22. The van der Waals surface area contributed by atoms with Crippen molar-refractivity contribution in [2.24, 2.45) is 5.92 Å². The van der Waals surface area contributed by atoms with Gasteiger partial charge in [0.25, 0.3) is 0 Å². The molecule has 1 aromatic carbocycles. The Balaban J connectivity index is 1.94. The van der Waals surface area contributed by atoms with Gasteiger partial charge in [0.15, 0.2) is 0 Å². The molecule has 2 aromatic rings. The van der Waals surface area contributed by atoms with Crippen LogP contribution in [0.2, 0.25) is 0 Å². The van der Waals surface area contributed by atoms with E-state index >= 15 is 0 Å². The molecule has 1 fully saturated rings. The number of carbonyl (C=O) groups is 2. The average molecular weight is 401 g/mol. The van der Waals surface area contributed by atoms with E-state index in [1.165, 1.54) is 19.5 Å². The van der Waals surface area contributed by atoms with Crippen LogP contribution in [0.3, 0.4) is 0 Å². The Bertz CT molecular complexity index is 942. The Morgan fingerprint density at radius 2 is 1.97 bits per heavy atom. The summed E-state index contributed by atoms with van der Waals surface area (Å²) in [4.78, 5) is 44.0. The molecular weight excluding hydrogens is 382 g/mol. The maximum Gasteiger partial charge on any atom is 0.353 e. The van der Waals surface area contributed by atoms with Gasteiger partial charge in [-0.1, -0.05) is 12.1 Å². The first-order valence-electron chi connectivity index (χ1n) is 8.84. The number of aromatic nitrogens is 2. The topological polar surface area (TPSA) is 148 Å². The molecule has 152 valence electrons. The summed E-state index contributed by atoms with van der Waals surface area (Å²) in [6, 6.07) is 6.41. The van der Waals surface area contributed by atoms with Crippen LogP contribution in [0.1, 0.15) is 23.2 Å². The molecular formula is C18H19N5O6. The molecule has 0 atom stereocenters. The van der Waals surface area contributed by atoms with Gasteiger partial charge in [0.05, 0.1) is 29.2 Å². The minimum atomic E-state index is -0.872. The van der Waals surface area contributed by atoms with E-state index in [1.54, 1.807) is 23.1 Å². The van der Waals surface area contributed by atoms with Crippen LogP contribution in [0, 0.1) is 16.0 Å². The lowest BCUT2D eigenvalue weighted by Crippen LogP contribution is -2.37. The van der Waals surface area contributed by atoms with E-state index in [0.717, 1.165) is 0 Å². The molecule has 2 heterocycles. The number of para-hydroxylation sites is 1. The normalized spacial score (nSPS) is 14.3. The zero-order valence-corrected chi connectivity index (χ0v) is 15.6. The molecule has 0 radical (unpaired) electrons. The van der Waals surface area contributed by atoms with Crippen LogP contribution >= 0.6 is 0 Å². The molecule has 0 unspecified atom stereocenters. The lowest BCUT2D eigenvalue weighted by atomic mass is 9.97. The van der Waals surface area contributed by atoms with Crippen molar-refractivity contribution >= 4 is 34.9 Å². The zero-order chi connectivity index (χ0) is 21.0. The average Bonchev–Trinajstić information content (AvgIpc) is 2.73. The molecule has 29 heavy (non-hydrogen) atoms. The molecule has 11 nitrogen and oxygen atoms in total. The molecule has 1 aromatic heterocycles. The van der Waals surface area contributed by atoms with Crippen LogP contribution in [0.15, 0.2) is 30.6 Å². The number of hydrogen-bond acceptors (Lipinski definition) is 9. The van der Waals surface area contributed by atoms with Crippen molar-refractivity contribution in [3.05, 3.63) is 46.3 Å². The fourth-order valence-electron chi connectivity index (χ4n) is 3.21. The number of hydrogen-bond donors (Lipinski definition) is 2. The maximum atomic E-state index is 12.0. The van der Waals surface area contributed by atoms with Crippen molar-refractivity contribution in [2.75, 3.05) is 30.4 Å². The van der Waals surface area contributed by atoms with Gasteiger partial charge in [0.2, 0.25) is 11.6 Å². The third-order valence-electron chi connectivity index (χ3n) is 4.71. The molecule has 0 spiro atoms. The molecule has 11 heteroatoms. The number of piperidine rings is 1. The minimum absolute atomic E-state index is 0.0725. The number of methoxy groups -OCH3 is 1. The second-order valence-electron chi connectivity index (χ2n) is 6.41. The van der Waals surface area contributed by atoms with Crippen molar-refractivity contribution in [2.45, 2.75) is 12.8 Å². The molecule has 0 amide bonds. The van der Waals surface area contributed by atoms with Crippen LogP contribution in [0.5, 0.6) is 0 Å². The SMILES string of the molecule is COC(=O)c1ccccc1Nc1ncnc(N2CCC(C(=O)O)CC2)c1[N+](=O)[O-]. The van der Waals surface area contributed by atoms with Gasteiger partial charge in [-0.25, -0.2) is 14.8 Å². The Labute approximate surface area is 165 Å². The van der Waals surface area contributed by atoms with Crippen molar-refractivity contribution in [1.29, 1.82) is 0 Å². The minimum Gasteiger partial charge on any atom is -0.481 e. The molecule has 1 saturated heterocycles. The van der Waals surface area contributed by atoms with Gasteiger partial charge >= 0.3 is 17.6 Å². The summed E-state index contributed by atoms with van der Waals surface area (Å²) in [7, 11) is 1.24. The summed E-state index contributed by atoms with van der Waals surface area (Å²) >= 11 is 0. The largest absolute Gasteiger partial charge is 0.481 e. The summed E-state index contributed by atoms with van der Waals surface area (Å²) < 4.78 is 4.74. The number of carboxylic acids is 1. The monoisotopic (exact) mass is 401 g/mol. The van der Waals surface area contributed by atoms with Gasteiger partial charge in [0.1, 0.15) is 6.33 Å². The van der Waals surface area contributed by atoms with Gasteiger partial charge in [-0.05, 0) is 25.0 Å². The Kier molecular flexibility index (Phi) is 5.86. The van der Waals surface area contributed by atoms with Crippen LogP contribution < -0.4 is 10.2 Å². The number of esters is 1. The number of nitrogens with zero attached hydrogens (tertiary/aromatic N) is 4. The summed E-state index contributed by atoms with van der Waals surface area (Å²) in [6.45, 7) is 0.653. The number of carboxylic acid groups (broad SMARTS) is 1. The van der Waals surface area contributed by atoms with Crippen molar-refractivity contribution < 1.29 is 24.4 Å². The second-order valence-corrected chi connectivity index (χ2v) is 6.41. The molecule has 1 aliphatic rings. The van der Waals surface area contributed by atoms with E-state index < -0.39 is 22.8 Å². The quantitative estimate of drug-likeness (QED) is 0.419. The number of nitro groups is 1. The van der Waals surface area contributed by atoms with E-state index in [9.17, 15) is 19.7 Å². The summed E-state index contributed by atoms with van der Waals surface area (Å²) in [6.07, 6.45) is 1.92. The Hall–Kier alpha value is -3.76. The van der Waals surface area contributed by atoms with Gasteiger partial charge in [-0.2, -0.15) is 0 Å². The number of aliphatic carboxylic acids is 1. The first kappa shape index (κ1) is 20.0. The lowest BCUT2D eigenvalue weighted by molar-refractivity contribution is -0.383. The lowest BCUT2D eigenvalue weighted by Gasteiger charge is -2.30. The number of anilines is 3. The fourth-order valence-corrected chi connectivity index (χ4v) is 3.21. The maximum absolute atomic E-state index is 12.0. The van der Waals surface area contributed by atoms with Crippen LogP contribution in [-0.4, -0.2) is 52.1 Å². The smallest absolute Gasteiger partial charge is 0.353 e. The first-order valence-corrected chi connectivity index (χ1v) is 8.84. The Morgan fingerprint density at radius 1 is 1.28 bits per heavy atom. The van der Waals surface area contributed by atoms with Crippen LogP contribution in [0.4, 0.5) is 23.0 Å². The third-order valence-corrected chi connectivity index (χ3v) is 4.71. The molecule has 3 rings (SSSR count). The highest BCUT2D eigenvalue weighted by Crippen LogP contribution is 2.36. The molecule has 0 bridgehead atoms. The Morgan fingerprint density at radius 3 is 2.59 bits per heavy atom. The third kappa shape index (κ3) is 4.23. The number of benzene rings is 1. The van der Waals surface area contributed by atoms with E-state index in [4.69, 9.17) is 9.84 Å². The first-order chi connectivity index (χ1) is 13.9. The summed E-state index contributed by atoms with van der Waals surface area (Å²) in [5, 5.41) is 23.8. The van der Waals surface area contributed by atoms with Gasteiger partial charge < -0.3 is 20.1 Å². The second kappa shape index (κ2) is 8.50. The van der Waals surface area contributed by atoms with Crippen LogP contribution in [-0.2, 0) is 9.53 Å². The van der Waals surface area contributed by atoms with Crippen molar-refractivity contribution in [1.82, 2.24) is 9.97 Å². The predicted molar refractivity (Wildman–Crippen MR) is 102 cm³/mol. The van der Waals surface area contributed by atoms with E-state index in [1.807, 2.05) is 0 Å². The van der Waals surface area contributed by atoms with E-state index in [-0.39, 0.29) is 22.9 Å². The number of nitrogens with one attached hydrogen (secondary N) is 1. The van der Waals surface area contributed by atoms with Crippen LogP contribution in [0.25, 0.3) is 0 Å². The summed E-state index contributed by atoms with van der Waals surface area (Å²) in [5.74, 6) is -1.91. The van der Waals surface area contributed by atoms with Crippen molar-refractivity contribution in [3.8, 4) is 0 Å². The molecule has 0 aliphatic carbocycles. The van der Waals surface area contributed by atoms with E-state index in [2.05, 4.69) is 15.3 Å². The highest BCUT2D eigenvalue weighted by atomic mass is 16.6. The zero-order valence-electron chi connectivity index (χ0n) is 15.6. The highest BCUT2D eigenvalue weighted by Gasteiger charge is 2.32. The van der Waals surface area contributed by atoms with E-state index in [0.29, 0.717) is 31.6 Å². The molecule has 1 aliphatic heterocycles. The highest BCUT2D eigenvalue weighted by molar-refractivity contribution is 5.96. The fraction of sp³-hybridized carbons (Fsp3) is 0.333. The number of rotatable bonds is 6. The van der Waals surface area contributed by atoms with Gasteiger partial charge in [-0.3, -0.25) is 14.9 Å².